The number of rotatable bonds is 7. The van der Waals surface area contributed by atoms with Crippen LogP contribution in [0.25, 0.3) is 0 Å². The molecule has 3 nitrogen and oxygen atoms in total. The van der Waals surface area contributed by atoms with Gasteiger partial charge in [0.25, 0.3) is 0 Å². The highest BCUT2D eigenvalue weighted by atomic mass is 35.5. The first kappa shape index (κ1) is 16.1. The summed E-state index contributed by atoms with van der Waals surface area (Å²) in [6.07, 6.45) is 2.78. The second-order valence-corrected chi connectivity index (χ2v) is 5.86. The van der Waals surface area contributed by atoms with Gasteiger partial charge in [-0.05, 0) is 57.7 Å². The van der Waals surface area contributed by atoms with Gasteiger partial charge >= 0.3 is 0 Å². The largest absolute Gasteiger partial charge is 0.469 e. The van der Waals surface area contributed by atoms with Crippen LogP contribution in [-0.2, 0) is 6.54 Å². The first-order valence-corrected chi connectivity index (χ1v) is 7.62. The number of furan rings is 1. The minimum absolute atomic E-state index is 0.316. The SMILES string of the molecule is CNC(CCN(C)Cc1ccoc1C)c1cccc(Cl)c1. The molecule has 2 aromatic rings. The Morgan fingerprint density at radius 3 is 2.76 bits per heavy atom. The molecule has 0 aliphatic heterocycles. The van der Waals surface area contributed by atoms with Gasteiger partial charge in [0, 0.05) is 23.2 Å². The van der Waals surface area contributed by atoms with Crippen molar-refractivity contribution in [1.29, 1.82) is 0 Å². The van der Waals surface area contributed by atoms with Crippen molar-refractivity contribution in [2.45, 2.75) is 25.9 Å². The zero-order chi connectivity index (χ0) is 15.2. The van der Waals surface area contributed by atoms with E-state index in [0.29, 0.717) is 6.04 Å². The second-order valence-electron chi connectivity index (χ2n) is 5.42. The fourth-order valence-corrected chi connectivity index (χ4v) is 2.69. The molecule has 1 aromatic carbocycles. The first-order chi connectivity index (χ1) is 10.1. The molecule has 0 radical (unpaired) electrons. The lowest BCUT2D eigenvalue weighted by Gasteiger charge is -2.22. The third-order valence-corrected chi connectivity index (χ3v) is 4.04. The molecule has 1 atom stereocenters. The van der Waals surface area contributed by atoms with E-state index in [9.17, 15) is 0 Å². The summed E-state index contributed by atoms with van der Waals surface area (Å²) < 4.78 is 5.34. The third-order valence-electron chi connectivity index (χ3n) is 3.81. The number of aryl methyl sites for hydroxylation is 1. The van der Waals surface area contributed by atoms with Gasteiger partial charge in [0.05, 0.1) is 6.26 Å². The monoisotopic (exact) mass is 306 g/mol. The van der Waals surface area contributed by atoms with E-state index in [0.717, 1.165) is 30.3 Å². The fourth-order valence-electron chi connectivity index (χ4n) is 2.50. The maximum Gasteiger partial charge on any atom is 0.105 e. The standard InChI is InChI=1S/C17H23ClN2O/c1-13-15(8-10-21-13)12-20(3)9-7-17(19-2)14-5-4-6-16(18)11-14/h4-6,8,10-11,17,19H,7,9,12H2,1-3H3. The van der Waals surface area contributed by atoms with E-state index < -0.39 is 0 Å². The van der Waals surface area contributed by atoms with Gasteiger partial charge < -0.3 is 14.6 Å². The zero-order valence-electron chi connectivity index (χ0n) is 12.9. The smallest absolute Gasteiger partial charge is 0.105 e. The topological polar surface area (TPSA) is 28.4 Å². The van der Waals surface area contributed by atoms with Crippen LogP contribution in [0.3, 0.4) is 0 Å². The Hall–Kier alpha value is -1.29. The van der Waals surface area contributed by atoms with Gasteiger partial charge in [-0.2, -0.15) is 0 Å². The molecule has 1 N–H and O–H groups in total. The van der Waals surface area contributed by atoms with Crippen LogP contribution in [0.5, 0.6) is 0 Å². The Balaban J connectivity index is 1.89. The molecule has 0 spiro atoms. The van der Waals surface area contributed by atoms with E-state index in [4.69, 9.17) is 16.0 Å². The van der Waals surface area contributed by atoms with Crippen molar-refractivity contribution in [3.63, 3.8) is 0 Å². The minimum Gasteiger partial charge on any atom is -0.469 e. The molecule has 1 unspecified atom stereocenters. The number of benzene rings is 1. The maximum absolute atomic E-state index is 6.07. The summed E-state index contributed by atoms with van der Waals surface area (Å²) in [4.78, 5) is 2.31. The number of halogens is 1. The lowest BCUT2D eigenvalue weighted by atomic mass is 10.0. The van der Waals surface area contributed by atoms with Gasteiger partial charge in [-0.3, -0.25) is 0 Å². The Morgan fingerprint density at radius 2 is 2.14 bits per heavy atom. The lowest BCUT2D eigenvalue weighted by molar-refractivity contribution is 0.302. The minimum atomic E-state index is 0.316. The summed E-state index contributed by atoms with van der Waals surface area (Å²) in [5.74, 6) is 1.00. The van der Waals surface area contributed by atoms with Crippen molar-refractivity contribution in [1.82, 2.24) is 10.2 Å². The van der Waals surface area contributed by atoms with Crippen molar-refractivity contribution in [2.24, 2.45) is 0 Å². The highest BCUT2D eigenvalue weighted by Gasteiger charge is 2.12. The van der Waals surface area contributed by atoms with Crippen molar-refractivity contribution in [2.75, 3.05) is 20.6 Å². The Kier molecular flexibility index (Phi) is 5.85. The highest BCUT2D eigenvalue weighted by Crippen LogP contribution is 2.21. The second kappa shape index (κ2) is 7.64. The zero-order valence-corrected chi connectivity index (χ0v) is 13.7. The summed E-state index contributed by atoms with van der Waals surface area (Å²) in [5.41, 5.74) is 2.49. The number of nitrogens with one attached hydrogen (secondary N) is 1. The summed E-state index contributed by atoms with van der Waals surface area (Å²) in [6, 6.07) is 10.4. The summed E-state index contributed by atoms with van der Waals surface area (Å²) >= 11 is 6.07. The molecule has 0 saturated heterocycles. The quantitative estimate of drug-likeness (QED) is 0.837. The van der Waals surface area contributed by atoms with Gasteiger partial charge in [-0.25, -0.2) is 0 Å². The predicted octanol–water partition coefficient (Wildman–Crippen LogP) is 4.02. The molecule has 4 heteroatoms. The van der Waals surface area contributed by atoms with Crippen molar-refractivity contribution in [3.8, 4) is 0 Å². The van der Waals surface area contributed by atoms with E-state index in [2.05, 4.69) is 23.3 Å². The number of nitrogens with zero attached hydrogens (tertiary/aromatic N) is 1. The molecule has 0 fully saturated rings. The molecular weight excluding hydrogens is 284 g/mol. The van der Waals surface area contributed by atoms with E-state index in [1.807, 2.05) is 38.2 Å². The Bertz CT molecular complexity index is 567. The molecule has 1 heterocycles. The maximum atomic E-state index is 6.07. The average Bonchev–Trinajstić information content (AvgIpc) is 2.85. The van der Waals surface area contributed by atoms with Crippen molar-refractivity contribution >= 4 is 11.6 Å². The predicted molar refractivity (Wildman–Crippen MR) is 87.6 cm³/mol. The normalized spacial score (nSPS) is 12.8. The molecule has 21 heavy (non-hydrogen) atoms. The van der Waals surface area contributed by atoms with Crippen LogP contribution in [0.1, 0.15) is 29.3 Å². The van der Waals surface area contributed by atoms with Crippen LogP contribution in [0.15, 0.2) is 41.0 Å². The van der Waals surface area contributed by atoms with Crippen LogP contribution in [0, 0.1) is 6.92 Å². The molecule has 0 aliphatic rings. The molecule has 0 saturated carbocycles. The first-order valence-electron chi connectivity index (χ1n) is 7.24. The summed E-state index contributed by atoms with van der Waals surface area (Å²) in [7, 11) is 4.13. The molecular formula is C17H23ClN2O. The molecule has 114 valence electrons. The van der Waals surface area contributed by atoms with Gasteiger partial charge in [0.1, 0.15) is 5.76 Å². The Labute approximate surface area is 131 Å². The molecule has 1 aromatic heterocycles. The average molecular weight is 307 g/mol. The molecule has 0 aliphatic carbocycles. The fraction of sp³-hybridized carbons (Fsp3) is 0.412. The molecule has 0 bridgehead atoms. The van der Waals surface area contributed by atoms with E-state index in [-0.39, 0.29) is 0 Å². The van der Waals surface area contributed by atoms with E-state index >= 15 is 0 Å². The highest BCUT2D eigenvalue weighted by molar-refractivity contribution is 6.30. The van der Waals surface area contributed by atoms with Crippen LogP contribution in [0.4, 0.5) is 0 Å². The summed E-state index contributed by atoms with van der Waals surface area (Å²) in [6.45, 7) is 3.92. The van der Waals surface area contributed by atoms with Crippen molar-refractivity contribution in [3.05, 3.63) is 58.5 Å². The number of hydrogen-bond acceptors (Lipinski definition) is 3. The van der Waals surface area contributed by atoms with Crippen LogP contribution >= 0.6 is 11.6 Å². The molecule has 2 rings (SSSR count). The van der Waals surface area contributed by atoms with Gasteiger partial charge in [0.15, 0.2) is 0 Å². The van der Waals surface area contributed by atoms with Crippen molar-refractivity contribution < 1.29 is 4.42 Å². The number of hydrogen-bond donors (Lipinski definition) is 1. The van der Waals surface area contributed by atoms with Gasteiger partial charge in [0.2, 0.25) is 0 Å². The van der Waals surface area contributed by atoms with E-state index in [1.54, 1.807) is 6.26 Å². The Morgan fingerprint density at radius 1 is 1.33 bits per heavy atom. The van der Waals surface area contributed by atoms with Gasteiger partial charge in [-0.15, -0.1) is 0 Å². The van der Waals surface area contributed by atoms with Crippen LogP contribution in [0.2, 0.25) is 5.02 Å². The van der Waals surface area contributed by atoms with Gasteiger partial charge in [-0.1, -0.05) is 23.7 Å². The molecule has 0 amide bonds. The summed E-state index contributed by atoms with van der Waals surface area (Å²) in [5, 5.41) is 4.15. The van der Waals surface area contributed by atoms with Crippen LogP contribution < -0.4 is 5.32 Å². The third kappa shape index (κ3) is 4.60. The van der Waals surface area contributed by atoms with E-state index in [1.165, 1.54) is 11.1 Å². The lowest BCUT2D eigenvalue weighted by Crippen LogP contribution is -2.25. The van der Waals surface area contributed by atoms with Crippen LogP contribution in [-0.4, -0.2) is 25.5 Å².